The molecule has 6 N–H and O–H groups in total. The lowest BCUT2D eigenvalue weighted by Gasteiger charge is -2.14. The van der Waals surface area contributed by atoms with E-state index in [-0.39, 0.29) is 37.1 Å². The monoisotopic (exact) mass is 1270 g/mol. The van der Waals surface area contributed by atoms with Crippen molar-refractivity contribution in [1.82, 2.24) is 0 Å². The first kappa shape index (κ1) is 66.2. The number of halogens is 4. The minimum absolute atomic E-state index is 0.114. The van der Waals surface area contributed by atoms with Gasteiger partial charge in [0, 0.05) is 5.02 Å². The molecule has 0 atom stereocenters. The quantitative estimate of drug-likeness (QED) is 0.0371. The summed E-state index contributed by atoms with van der Waals surface area (Å²) < 4.78 is 122. The van der Waals surface area contributed by atoms with Crippen LogP contribution in [0.5, 0.6) is 0 Å². The van der Waals surface area contributed by atoms with E-state index in [1.54, 1.807) is 127 Å². The van der Waals surface area contributed by atoms with Crippen molar-refractivity contribution in [3.8, 4) is 0 Å². The average molecular weight is 1270 g/mol. The molecule has 0 aromatic heterocycles. The molecule has 0 saturated carbocycles. The Bertz CT molecular complexity index is 4270. The number of benzene rings is 9. The number of nitrogens with one attached hydrogen (secondary N) is 3. The zero-order chi connectivity index (χ0) is 63.7. The number of aryl methyl sites for hydroxylation is 7. The summed E-state index contributed by atoms with van der Waals surface area (Å²) in [5, 5.41) is 28.4. The summed E-state index contributed by atoms with van der Waals surface area (Å²) in [5.74, 6) is -3.00. The molecule has 9 aromatic carbocycles. The molecule has 88 heavy (non-hydrogen) atoms. The largest absolute Gasteiger partial charge is 0.478 e. The Balaban J connectivity index is 0.000000189. The molecule has 0 aliphatic carbocycles. The highest BCUT2D eigenvalue weighted by atomic mass is 35.5. The standard InChI is InChI=1S/C23H23NO4S.C22H18F3NO4S.C21H18ClNO4S/c1-2-17-11-15-20(16-12-17)29(27,28)24-22-10-6-4-8-19(22)14-13-18-7-3-5-9-21(18)23(25)26;23-22(24,25)17-11-13-18(14-12-17)31(29,30)26-20-8-4-2-6-16(20)10-9-15-5-1-3-7-19(15)21(27)28;22-17-11-13-18(14-12-17)28(26,27)23-20-8-4-2-6-16(20)10-9-15-5-1-3-7-19(15)21(24)25/h3-12,15-16,24H,2,13-14H2,1H3,(H,25,26);1-8,11-14,26H,9-10H2,(H,27,28);1-8,11-14,23H,9-10H2,(H,24,25). The Morgan fingerprint density at radius 3 is 0.909 bits per heavy atom. The van der Waals surface area contributed by atoms with E-state index in [1.165, 1.54) is 30.3 Å². The molecular formula is C66H59ClF3N3O12S3. The van der Waals surface area contributed by atoms with Crippen molar-refractivity contribution in [3.05, 3.63) is 285 Å². The molecule has 0 bridgehead atoms. The molecule has 0 amide bonds. The molecule has 0 unspecified atom stereocenters. The van der Waals surface area contributed by atoms with E-state index in [9.17, 15) is 68.1 Å². The molecule has 15 nitrogen and oxygen atoms in total. The predicted octanol–water partition coefficient (Wildman–Crippen LogP) is 14.1. The number of anilines is 3. The molecule has 9 aromatic rings. The maximum Gasteiger partial charge on any atom is 0.416 e. The summed E-state index contributed by atoms with van der Waals surface area (Å²) in [7, 11) is -11.6. The lowest BCUT2D eigenvalue weighted by molar-refractivity contribution is -0.137. The highest BCUT2D eigenvalue weighted by molar-refractivity contribution is 7.93. The van der Waals surface area contributed by atoms with Gasteiger partial charge in [0.25, 0.3) is 30.1 Å². The van der Waals surface area contributed by atoms with Gasteiger partial charge in [-0.15, -0.1) is 0 Å². The topological polar surface area (TPSA) is 250 Å². The zero-order valence-electron chi connectivity index (χ0n) is 47.0. The average Bonchev–Trinajstić information content (AvgIpc) is 2.56. The molecule has 22 heteroatoms. The minimum Gasteiger partial charge on any atom is -0.478 e. The third kappa shape index (κ3) is 18.4. The Morgan fingerprint density at radius 2 is 0.625 bits per heavy atom. The fourth-order valence-electron chi connectivity index (χ4n) is 9.11. The number of para-hydroxylation sites is 3. The predicted molar refractivity (Wildman–Crippen MR) is 333 cm³/mol. The number of carboxylic acids is 3. The lowest BCUT2D eigenvalue weighted by atomic mass is 9.99. The first-order valence-corrected chi connectivity index (χ1v) is 32.0. The third-order valence-corrected chi connectivity index (χ3v) is 18.2. The van der Waals surface area contributed by atoms with Crippen LogP contribution in [0, 0.1) is 0 Å². The van der Waals surface area contributed by atoms with Gasteiger partial charge in [-0.05, 0) is 181 Å². The van der Waals surface area contributed by atoms with E-state index < -0.39 is 59.7 Å². The first-order chi connectivity index (χ1) is 41.8. The number of alkyl halides is 3. The van der Waals surface area contributed by atoms with Gasteiger partial charge in [0.2, 0.25) is 0 Å². The molecule has 0 radical (unpaired) electrons. The second-order valence-corrected chi connectivity index (χ2v) is 25.1. The smallest absolute Gasteiger partial charge is 0.416 e. The lowest BCUT2D eigenvalue weighted by Crippen LogP contribution is -2.15. The molecule has 456 valence electrons. The molecule has 0 fully saturated rings. The van der Waals surface area contributed by atoms with E-state index in [0.717, 1.165) is 35.2 Å². The fourth-order valence-corrected chi connectivity index (χ4v) is 12.5. The normalized spacial score (nSPS) is 11.4. The third-order valence-electron chi connectivity index (χ3n) is 13.8. The number of carboxylic acid groups (broad SMARTS) is 3. The number of carbonyl (C=O) groups is 3. The van der Waals surface area contributed by atoms with Crippen LogP contribution in [0.1, 0.15) is 82.5 Å². The van der Waals surface area contributed by atoms with Gasteiger partial charge >= 0.3 is 24.1 Å². The van der Waals surface area contributed by atoms with Gasteiger partial charge in [0.15, 0.2) is 0 Å². The van der Waals surface area contributed by atoms with Crippen LogP contribution in [-0.4, -0.2) is 58.5 Å². The van der Waals surface area contributed by atoms with Gasteiger partial charge in [-0.3, -0.25) is 14.2 Å². The molecular weight excluding hydrogens is 1220 g/mol. The van der Waals surface area contributed by atoms with E-state index in [0.29, 0.717) is 89.3 Å². The van der Waals surface area contributed by atoms with Crippen LogP contribution in [0.4, 0.5) is 30.2 Å². The van der Waals surface area contributed by atoms with Crippen LogP contribution in [0.25, 0.3) is 0 Å². The van der Waals surface area contributed by atoms with E-state index in [4.69, 9.17) is 11.6 Å². The molecule has 0 aliphatic heterocycles. The Hall–Kier alpha value is -9.28. The van der Waals surface area contributed by atoms with Gasteiger partial charge in [-0.2, -0.15) is 13.2 Å². The van der Waals surface area contributed by atoms with Crippen molar-refractivity contribution in [2.75, 3.05) is 14.2 Å². The van der Waals surface area contributed by atoms with Crippen molar-refractivity contribution in [2.24, 2.45) is 0 Å². The highest BCUT2D eigenvalue weighted by Crippen LogP contribution is 2.31. The van der Waals surface area contributed by atoms with Gasteiger partial charge in [-0.25, -0.2) is 39.6 Å². The number of sulfonamides is 3. The van der Waals surface area contributed by atoms with Crippen LogP contribution in [0.3, 0.4) is 0 Å². The maximum absolute atomic E-state index is 12.8. The number of hydrogen-bond donors (Lipinski definition) is 6. The van der Waals surface area contributed by atoms with Crippen LogP contribution in [-0.2, 0) is 81.2 Å². The highest BCUT2D eigenvalue weighted by Gasteiger charge is 2.31. The van der Waals surface area contributed by atoms with Crippen molar-refractivity contribution in [1.29, 1.82) is 0 Å². The molecule has 0 aliphatic rings. The second-order valence-electron chi connectivity index (χ2n) is 19.6. The number of aromatic carboxylic acids is 3. The summed E-state index contributed by atoms with van der Waals surface area (Å²) in [6.45, 7) is 2.01. The summed E-state index contributed by atoms with van der Waals surface area (Å²) in [4.78, 5) is 34.2. The van der Waals surface area contributed by atoms with Gasteiger partial charge < -0.3 is 15.3 Å². The molecule has 0 spiro atoms. The first-order valence-electron chi connectivity index (χ1n) is 27.1. The van der Waals surface area contributed by atoms with Crippen molar-refractivity contribution >= 4 is 76.6 Å². The molecule has 0 heterocycles. The van der Waals surface area contributed by atoms with Crippen LogP contribution in [0.15, 0.2) is 233 Å². The van der Waals surface area contributed by atoms with Crippen molar-refractivity contribution in [2.45, 2.75) is 72.7 Å². The van der Waals surface area contributed by atoms with Crippen LogP contribution in [0.2, 0.25) is 5.02 Å². The van der Waals surface area contributed by atoms with Gasteiger partial charge in [-0.1, -0.05) is 140 Å². The van der Waals surface area contributed by atoms with Crippen LogP contribution >= 0.6 is 11.6 Å². The summed E-state index contributed by atoms with van der Waals surface area (Å²) >= 11 is 5.82. The van der Waals surface area contributed by atoms with E-state index in [1.807, 2.05) is 43.3 Å². The van der Waals surface area contributed by atoms with E-state index >= 15 is 0 Å². The maximum atomic E-state index is 12.8. The summed E-state index contributed by atoms with van der Waals surface area (Å²) in [5.41, 5.74) is 6.28. The number of rotatable bonds is 22. The number of hydrogen-bond acceptors (Lipinski definition) is 9. The van der Waals surface area contributed by atoms with Crippen LogP contribution < -0.4 is 14.2 Å². The Kier molecular flexibility index (Phi) is 22.5. The Labute approximate surface area is 513 Å². The molecule has 9 rings (SSSR count). The van der Waals surface area contributed by atoms with E-state index in [2.05, 4.69) is 14.2 Å². The van der Waals surface area contributed by atoms with Crippen molar-refractivity contribution in [3.63, 3.8) is 0 Å². The Morgan fingerprint density at radius 1 is 0.375 bits per heavy atom. The van der Waals surface area contributed by atoms with Gasteiger partial charge in [0.1, 0.15) is 0 Å². The fraction of sp³-hybridized carbons (Fsp3) is 0.136. The SMILES string of the molecule is CCc1ccc(S(=O)(=O)Nc2ccccc2CCc2ccccc2C(=O)O)cc1.O=C(O)c1ccccc1CCc1ccccc1NS(=O)(=O)c1ccc(C(F)(F)F)cc1.O=C(O)c1ccccc1CCc1ccccc1NS(=O)(=O)c1ccc(Cl)cc1. The van der Waals surface area contributed by atoms with Crippen molar-refractivity contribution < 1.29 is 68.1 Å². The van der Waals surface area contributed by atoms with Gasteiger partial charge in [0.05, 0.1) is 54.0 Å². The second kappa shape index (κ2) is 29.9. The molecule has 0 saturated heterocycles. The summed E-state index contributed by atoms with van der Waals surface area (Å²) in [6.07, 6.45) is -1.03. The summed E-state index contributed by atoms with van der Waals surface area (Å²) in [6, 6.07) is 57.0. The zero-order valence-corrected chi connectivity index (χ0v) is 50.2. The minimum atomic E-state index is -4.56.